The van der Waals surface area contributed by atoms with Crippen molar-refractivity contribution in [3.8, 4) is 11.3 Å². The maximum absolute atomic E-state index is 9.94. The van der Waals surface area contributed by atoms with Crippen LogP contribution < -0.4 is 5.32 Å². The minimum absolute atomic E-state index is 0.208. The summed E-state index contributed by atoms with van der Waals surface area (Å²) in [6.45, 7) is 0.724. The molecule has 106 valence electrons. The summed E-state index contributed by atoms with van der Waals surface area (Å²) in [6, 6.07) is 12.4. The van der Waals surface area contributed by atoms with Crippen molar-refractivity contribution in [2.24, 2.45) is 0 Å². The topological polar surface area (TPSA) is 60.9 Å². The zero-order valence-electron chi connectivity index (χ0n) is 11.5. The molecule has 3 rings (SSSR count). The van der Waals surface area contributed by atoms with Gasteiger partial charge in [0.25, 0.3) is 0 Å². The Bertz CT molecular complexity index is 538. The zero-order chi connectivity index (χ0) is 13.8. The van der Waals surface area contributed by atoms with Crippen molar-refractivity contribution in [1.29, 1.82) is 0 Å². The van der Waals surface area contributed by atoms with Gasteiger partial charge in [-0.25, -0.2) is 0 Å². The van der Waals surface area contributed by atoms with Crippen LogP contribution in [0.15, 0.2) is 36.4 Å². The van der Waals surface area contributed by atoms with E-state index in [0.717, 1.165) is 42.8 Å². The summed E-state index contributed by atoms with van der Waals surface area (Å²) < 4.78 is 0. The number of hydrogen-bond acceptors (Lipinski definition) is 3. The van der Waals surface area contributed by atoms with Crippen LogP contribution in [0.1, 0.15) is 31.4 Å². The SMILES string of the molecule is OC1CCCCC1NCc1cc(-c2ccccc2)n[nH]1. The summed E-state index contributed by atoms with van der Waals surface area (Å²) in [7, 11) is 0. The van der Waals surface area contributed by atoms with Gasteiger partial charge in [-0.1, -0.05) is 43.2 Å². The second-order valence-electron chi connectivity index (χ2n) is 5.48. The lowest BCUT2D eigenvalue weighted by atomic mass is 9.92. The number of aliphatic hydroxyl groups is 1. The zero-order valence-corrected chi connectivity index (χ0v) is 11.5. The molecule has 20 heavy (non-hydrogen) atoms. The molecule has 1 heterocycles. The molecule has 1 aliphatic rings. The van der Waals surface area contributed by atoms with E-state index in [1.54, 1.807) is 0 Å². The Morgan fingerprint density at radius 1 is 1.20 bits per heavy atom. The van der Waals surface area contributed by atoms with Crippen molar-refractivity contribution in [3.05, 3.63) is 42.1 Å². The van der Waals surface area contributed by atoms with E-state index in [1.165, 1.54) is 6.42 Å². The van der Waals surface area contributed by atoms with E-state index in [4.69, 9.17) is 0 Å². The minimum Gasteiger partial charge on any atom is -0.392 e. The van der Waals surface area contributed by atoms with Crippen molar-refractivity contribution in [3.63, 3.8) is 0 Å². The minimum atomic E-state index is -0.208. The van der Waals surface area contributed by atoms with Crippen LogP contribution in [0.3, 0.4) is 0 Å². The van der Waals surface area contributed by atoms with Gasteiger partial charge in [0.15, 0.2) is 0 Å². The lowest BCUT2D eigenvalue weighted by Gasteiger charge is -2.28. The monoisotopic (exact) mass is 271 g/mol. The van der Waals surface area contributed by atoms with Gasteiger partial charge in [0.05, 0.1) is 11.8 Å². The number of hydrogen-bond donors (Lipinski definition) is 3. The molecule has 4 nitrogen and oxygen atoms in total. The molecular weight excluding hydrogens is 250 g/mol. The highest BCUT2D eigenvalue weighted by Gasteiger charge is 2.22. The first-order chi connectivity index (χ1) is 9.83. The highest BCUT2D eigenvalue weighted by Crippen LogP contribution is 2.20. The maximum atomic E-state index is 9.94. The van der Waals surface area contributed by atoms with Crippen LogP contribution in [-0.2, 0) is 6.54 Å². The van der Waals surface area contributed by atoms with Gasteiger partial charge < -0.3 is 10.4 Å². The highest BCUT2D eigenvalue weighted by atomic mass is 16.3. The number of H-pyrrole nitrogens is 1. The first-order valence-electron chi connectivity index (χ1n) is 7.34. The van der Waals surface area contributed by atoms with Gasteiger partial charge >= 0.3 is 0 Å². The van der Waals surface area contributed by atoms with Gasteiger partial charge in [-0.2, -0.15) is 5.10 Å². The summed E-state index contributed by atoms with van der Waals surface area (Å²) in [4.78, 5) is 0. The van der Waals surface area contributed by atoms with E-state index < -0.39 is 0 Å². The van der Waals surface area contributed by atoms with E-state index in [9.17, 15) is 5.11 Å². The molecule has 4 heteroatoms. The van der Waals surface area contributed by atoms with E-state index >= 15 is 0 Å². The fourth-order valence-corrected chi connectivity index (χ4v) is 2.80. The number of aliphatic hydroxyl groups excluding tert-OH is 1. The maximum Gasteiger partial charge on any atom is 0.0924 e. The van der Waals surface area contributed by atoms with Crippen molar-refractivity contribution in [2.75, 3.05) is 0 Å². The summed E-state index contributed by atoms with van der Waals surface area (Å²) in [6.07, 6.45) is 4.10. The summed E-state index contributed by atoms with van der Waals surface area (Å²) in [5.74, 6) is 0. The molecule has 0 bridgehead atoms. The molecule has 2 unspecified atom stereocenters. The molecule has 0 amide bonds. The van der Waals surface area contributed by atoms with Gasteiger partial charge in [0.1, 0.15) is 0 Å². The van der Waals surface area contributed by atoms with Gasteiger partial charge in [0.2, 0.25) is 0 Å². The van der Waals surface area contributed by atoms with Crippen molar-refractivity contribution in [1.82, 2.24) is 15.5 Å². The summed E-state index contributed by atoms with van der Waals surface area (Å²) in [5, 5.41) is 20.8. The van der Waals surface area contributed by atoms with Crippen LogP contribution in [0.25, 0.3) is 11.3 Å². The largest absolute Gasteiger partial charge is 0.392 e. The van der Waals surface area contributed by atoms with E-state index in [1.807, 2.05) is 18.2 Å². The van der Waals surface area contributed by atoms with Crippen LogP contribution in [0.4, 0.5) is 0 Å². The van der Waals surface area contributed by atoms with Gasteiger partial charge in [-0.05, 0) is 18.9 Å². The summed E-state index contributed by atoms with van der Waals surface area (Å²) in [5.41, 5.74) is 3.14. The average molecular weight is 271 g/mol. The lowest BCUT2D eigenvalue weighted by molar-refractivity contribution is 0.0901. The van der Waals surface area contributed by atoms with Crippen LogP contribution in [0, 0.1) is 0 Å². The third-order valence-electron chi connectivity index (χ3n) is 3.98. The fraction of sp³-hybridized carbons (Fsp3) is 0.438. The predicted molar refractivity (Wildman–Crippen MR) is 79.1 cm³/mol. The Morgan fingerprint density at radius 2 is 2.00 bits per heavy atom. The molecule has 0 spiro atoms. The molecule has 0 radical (unpaired) electrons. The van der Waals surface area contributed by atoms with Gasteiger partial charge in [0, 0.05) is 23.8 Å². The van der Waals surface area contributed by atoms with Crippen LogP contribution in [0.2, 0.25) is 0 Å². The average Bonchev–Trinajstić information content (AvgIpc) is 2.96. The predicted octanol–water partition coefficient (Wildman–Crippen LogP) is 2.47. The molecule has 2 aromatic rings. The number of benzene rings is 1. The van der Waals surface area contributed by atoms with Crippen molar-refractivity contribution < 1.29 is 5.11 Å². The second-order valence-corrected chi connectivity index (χ2v) is 5.48. The van der Waals surface area contributed by atoms with Gasteiger partial charge in [-0.15, -0.1) is 0 Å². The highest BCUT2D eigenvalue weighted by molar-refractivity contribution is 5.58. The van der Waals surface area contributed by atoms with Crippen molar-refractivity contribution in [2.45, 2.75) is 44.4 Å². The second kappa shape index (κ2) is 6.20. The third kappa shape index (κ3) is 3.08. The molecule has 3 N–H and O–H groups in total. The molecule has 1 aromatic heterocycles. The van der Waals surface area contributed by atoms with E-state index in [0.29, 0.717) is 0 Å². The smallest absolute Gasteiger partial charge is 0.0924 e. The first-order valence-corrected chi connectivity index (χ1v) is 7.34. The number of rotatable bonds is 4. The van der Waals surface area contributed by atoms with Crippen LogP contribution >= 0.6 is 0 Å². The Morgan fingerprint density at radius 3 is 2.80 bits per heavy atom. The van der Waals surface area contributed by atoms with E-state index in [2.05, 4.69) is 33.7 Å². The Labute approximate surface area is 119 Å². The number of nitrogens with one attached hydrogen (secondary N) is 2. The molecule has 1 fully saturated rings. The quantitative estimate of drug-likeness (QED) is 0.800. The fourth-order valence-electron chi connectivity index (χ4n) is 2.80. The first kappa shape index (κ1) is 13.3. The van der Waals surface area contributed by atoms with Crippen LogP contribution in [-0.4, -0.2) is 27.4 Å². The molecular formula is C16H21N3O. The summed E-state index contributed by atoms with van der Waals surface area (Å²) >= 11 is 0. The van der Waals surface area contributed by atoms with Crippen molar-refractivity contribution >= 4 is 0 Å². The van der Waals surface area contributed by atoms with Gasteiger partial charge in [-0.3, -0.25) is 5.10 Å². The Kier molecular flexibility index (Phi) is 4.14. The molecule has 1 saturated carbocycles. The standard InChI is InChI=1S/C16H21N3O/c20-16-9-5-4-8-14(16)17-11-13-10-15(19-18-13)12-6-2-1-3-7-12/h1-3,6-7,10,14,16-17,20H,4-5,8-9,11H2,(H,18,19). The number of aromatic nitrogens is 2. The third-order valence-corrected chi connectivity index (χ3v) is 3.98. The Hall–Kier alpha value is -1.65. The lowest BCUT2D eigenvalue weighted by Crippen LogP contribution is -2.41. The molecule has 1 aliphatic carbocycles. The molecule has 2 atom stereocenters. The number of nitrogens with zero attached hydrogens (tertiary/aromatic N) is 1. The van der Waals surface area contributed by atoms with E-state index in [-0.39, 0.29) is 12.1 Å². The number of aromatic amines is 1. The molecule has 0 saturated heterocycles. The Balaban J connectivity index is 1.60. The normalized spacial score (nSPS) is 22.9. The molecule has 1 aromatic carbocycles. The molecule has 0 aliphatic heterocycles. The van der Waals surface area contributed by atoms with Crippen LogP contribution in [0.5, 0.6) is 0 Å².